The molecule has 1 aliphatic carbocycles. The van der Waals surface area contributed by atoms with E-state index < -0.39 is 0 Å². The van der Waals surface area contributed by atoms with Crippen molar-refractivity contribution >= 4 is 0 Å². The van der Waals surface area contributed by atoms with Crippen LogP contribution in [0.25, 0.3) is 0 Å². The smallest absolute Gasteiger partial charge is 0.0388 e. The molecule has 0 N–H and O–H groups in total. The van der Waals surface area contributed by atoms with Crippen molar-refractivity contribution < 1.29 is 0 Å². The second-order valence-electron chi connectivity index (χ2n) is 7.74. The van der Waals surface area contributed by atoms with Gasteiger partial charge in [-0.1, -0.05) is 98.3 Å². The fraction of sp³-hybridized carbons (Fsp3) is 1.00. The Morgan fingerprint density at radius 3 is 1.89 bits per heavy atom. The molecule has 1 fully saturated rings. The van der Waals surface area contributed by atoms with Crippen LogP contribution >= 0.6 is 0 Å². The van der Waals surface area contributed by atoms with Gasteiger partial charge in [0.25, 0.3) is 0 Å². The molecule has 0 heteroatoms. The van der Waals surface area contributed by atoms with E-state index in [-0.39, 0.29) is 0 Å². The molecule has 1 aliphatic rings. The highest BCUT2D eigenvalue weighted by atomic mass is 14.2. The molecule has 0 aromatic rings. The van der Waals surface area contributed by atoms with Crippen LogP contribution in [0.2, 0.25) is 0 Å². The molecule has 114 valence electrons. The third-order valence-electron chi connectivity index (χ3n) is 5.29. The van der Waals surface area contributed by atoms with Gasteiger partial charge in [-0.2, -0.15) is 0 Å². The lowest BCUT2D eigenvalue weighted by atomic mass is 9.78. The van der Waals surface area contributed by atoms with E-state index in [0.717, 1.165) is 23.7 Å². The molecule has 0 nitrogen and oxygen atoms in total. The van der Waals surface area contributed by atoms with Gasteiger partial charge in [0.15, 0.2) is 0 Å². The third kappa shape index (κ3) is 8.00. The van der Waals surface area contributed by atoms with Gasteiger partial charge in [-0.05, 0) is 23.7 Å². The molecule has 0 aliphatic heterocycles. The zero-order chi connectivity index (χ0) is 14.1. The fourth-order valence-electron chi connectivity index (χ4n) is 3.75. The average molecular weight is 267 g/mol. The molecule has 19 heavy (non-hydrogen) atoms. The first-order valence-electron chi connectivity index (χ1n) is 9.09. The number of rotatable bonds is 9. The highest BCUT2D eigenvalue weighted by Crippen LogP contribution is 2.32. The summed E-state index contributed by atoms with van der Waals surface area (Å²) in [6, 6.07) is 0. The second kappa shape index (κ2) is 9.83. The van der Waals surface area contributed by atoms with Gasteiger partial charge in [0.2, 0.25) is 0 Å². The van der Waals surface area contributed by atoms with Crippen molar-refractivity contribution in [1.29, 1.82) is 0 Å². The third-order valence-corrected chi connectivity index (χ3v) is 5.29. The Hall–Kier alpha value is 0. The van der Waals surface area contributed by atoms with Gasteiger partial charge in [-0.25, -0.2) is 0 Å². The van der Waals surface area contributed by atoms with E-state index in [9.17, 15) is 0 Å². The van der Waals surface area contributed by atoms with Crippen molar-refractivity contribution in [2.75, 3.05) is 0 Å². The van der Waals surface area contributed by atoms with E-state index in [0.29, 0.717) is 0 Å². The Kier molecular flexibility index (Phi) is 8.83. The van der Waals surface area contributed by atoms with Crippen molar-refractivity contribution in [3.05, 3.63) is 0 Å². The predicted molar refractivity (Wildman–Crippen MR) is 87.4 cm³/mol. The first kappa shape index (κ1) is 17.1. The molecule has 0 spiro atoms. The Balaban J connectivity index is 2.01. The van der Waals surface area contributed by atoms with Crippen molar-refractivity contribution in [3.8, 4) is 0 Å². The van der Waals surface area contributed by atoms with E-state index in [1.807, 2.05) is 0 Å². The number of hydrogen-bond donors (Lipinski definition) is 0. The van der Waals surface area contributed by atoms with Gasteiger partial charge in [-0.3, -0.25) is 0 Å². The quantitative estimate of drug-likeness (QED) is 0.429. The molecule has 2 unspecified atom stereocenters. The van der Waals surface area contributed by atoms with Crippen LogP contribution in [0, 0.1) is 23.7 Å². The summed E-state index contributed by atoms with van der Waals surface area (Å²) in [5, 5.41) is 0. The van der Waals surface area contributed by atoms with Crippen molar-refractivity contribution in [2.45, 2.75) is 98.3 Å². The molecular weight excluding hydrogens is 228 g/mol. The van der Waals surface area contributed by atoms with Crippen LogP contribution in [0.1, 0.15) is 98.3 Å². The average Bonchev–Trinajstić information content (AvgIpc) is 2.39. The van der Waals surface area contributed by atoms with Gasteiger partial charge >= 0.3 is 0 Å². The van der Waals surface area contributed by atoms with Crippen LogP contribution in [0.3, 0.4) is 0 Å². The van der Waals surface area contributed by atoms with E-state index >= 15 is 0 Å². The number of hydrogen-bond acceptors (Lipinski definition) is 0. The van der Waals surface area contributed by atoms with Gasteiger partial charge in [0.05, 0.1) is 0 Å². The van der Waals surface area contributed by atoms with Crippen LogP contribution in [-0.4, -0.2) is 0 Å². The molecule has 0 aromatic carbocycles. The molecule has 0 heterocycles. The SMILES string of the molecule is CC(C)CCCC(C)CCCC(C)C1CCCCC1. The molecule has 0 amide bonds. The minimum absolute atomic E-state index is 0.888. The maximum absolute atomic E-state index is 2.51. The lowest BCUT2D eigenvalue weighted by molar-refractivity contribution is 0.243. The summed E-state index contributed by atoms with van der Waals surface area (Å²) in [5.74, 6) is 3.89. The summed E-state index contributed by atoms with van der Waals surface area (Å²) in [7, 11) is 0. The Morgan fingerprint density at radius 2 is 1.32 bits per heavy atom. The lowest BCUT2D eigenvalue weighted by Gasteiger charge is -2.28. The van der Waals surface area contributed by atoms with Crippen molar-refractivity contribution in [1.82, 2.24) is 0 Å². The predicted octanol–water partition coefficient (Wildman–Crippen LogP) is 6.84. The van der Waals surface area contributed by atoms with E-state index in [2.05, 4.69) is 27.7 Å². The maximum atomic E-state index is 2.51. The van der Waals surface area contributed by atoms with Crippen LogP contribution in [-0.2, 0) is 0 Å². The molecule has 0 aromatic heterocycles. The van der Waals surface area contributed by atoms with Crippen LogP contribution in [0.4, 0.5) is 0 Å². The van der Waals surface area contributed by atoms with Gasteiger partial charge in [0, 0.05) is 0 Å². The molecule has 1 saturated carbocycles. The zero-order valence-corrected chi connectivity index (χ0v) is 14.1. The first-order valence-corrected chi connectivity index (χ1v) is 9.09. The van der Waals surface area contributed by atoms with E-state index in [4.69, 9.17) is 0 Å². The summed E-state index contributed by atoms with van der Waals surface area (Å²) in [6.45, 7) is 9.66. The van der Waals surface area contributed by atoms with Gasteiger partial charge in [-0.15, -0.1) is 0 Å². The lowest BCUT2D eigenvalue weighted by Crippen LogP contribution is -2.15. The fourth-order valence-corrected chi connectivity index (χ4v) is 3.75. The molecule has 0 saturated heterocycles. The van der Waals surface area contributed by atoms with E-state index in [1.165, 1.54) is 70.6 Å². The van der Waals surface area contributed by atoms with Crippen molar-refractivity contribution in [2.24, 2.45) is 23.7 Å². The zero-order valence-electron chi connectivity index (χ0n) is 14.1. The Bertz CT molecular complexity index is 200. The molecule has 1 rings (SSSR count). The standard InChI is InChI=1S/C19H38/c1-16(2)10-8-11-17(3)12-9-13-18(4)19-14-6-5-7-15-19/h16-19H,5-15H2,1-4H3. The van der Waals surface area contributed by atoms with Gasteiger partial charge < -0.3 is 0 Å². The summed E-state index contributed by atoms with van der Waals surface area (Å²) >= 11 is 0. The minimum atomic E-state index is 0.888. The first-order chi connectivity index (χ1) is 9.09. The summed E-state index contributed by atoms with van der Waals surface area (Å²) in [6.07, 6.45) is 16.3. The summed E-state index contributed by atoms with van der Waals surface area (Å²) < 4.78 is 0. The molecule has 0 bridgehead atoms. The highest BCUT2D eigenvalue weighted by Gasteiger charge is 2.19. The van der Waals surface area contributed by atoms with Crippen LogP contribution in [0.5, 0.6) is 0 Å². The molecule has 2 atom stereocenters. The Labute approximate surface area is 122 Å². The second-order valence-corrected chi connectivity index (χ2v) is 7.74. The van der Waals surface area contributed by atoms with Crippen LogP contribution in [0.15, 0.2) is 0 Å². The largest absolute Gasteiger partial charge is 0.0628 e. The monoisotopic (exact) mass is 266 g/mol. The van der Waals surface area contributed by atoms with E-state index in [1.54, 1.807) is 0 Å². The van der Waals surface area contributed by atoms with Crippen LogP contribution < -0.4 is 0 Å². The van der Waals surface area contributed by atoms with Gasteiger partial charge in [0.1, 0.15) is 0 Å². The molecular formula is C19H38. The topological polar surface area (TPSA) is 0 Å². The highest BCUT2D eigenvalue weighted by molar-refractivity contribution is 4.71. The summed E-state index contributed by atoms with van der Waals surface area (Å²) in [4.78, 5) is 0. The maximum Gasteiger partial charge on any atom is -0.0388 e. The summed E-state index contributed by atoms with van der Waals surface area (Å²) in [5.41, 5.74) is 0. The molecule has 0 radical (unpaired) electrons. The Morgan fingerprint density at radius 1 is 0.737 bits per heavy atom. The normalized spacial score (nSPS) is 20.7. The minimum Gasteiger partial charge on any atom is -0.0628 e. The van der Waals surface area contributed by atoms with Crippen molar-refractivity contribution in [3.63, 3.8) is 0 Å².